The van der Waals surface area contributed by atoms with Gasteiger partial charge in [0.05, 0.1) is 13.2 Å². The molecule has 0 saturated carbocycles. The molecule has 1 aliphatic carbocycles. The highest BCUT2D eigenvalue weighted by atomic mass is 16.7. The average molecular weight is 482 g/mol. The molecule has 1 amide bonds. The number of unbranched alkanes of at least 4 members (excludes halogenated alkanes) is 1. The van der Waals surface area contributed by atoms with Crippen LogP contribution in [0.4, 0.5) is 0 Å². The molecule has 1 aliphatic heterocycles. The minimum Gasteiger partial charge on any atom is -0.459 e. The van der Waals surface area contributed by atoms with Gasteiger partial charge < -0.3 is 29.0 Å². The van der Waals surface area contributed by atoms with Gasteiger partial charge in [0.15, 0.2) is 12.0 Å². The second-order valence-electron chi connectivity index (χ2n) is 9.02. The minimum atomic E-state index is -0.545. The summed E-state index contributed by atoms with van der Waals surface area (Å²) in [6.07, 6.45) is 3.75. The van der Waals surface area contributed by atoms with Crippen molar-refractivity contribution in [3.05, 3.63) is 71.0 Å². The van der Waals surface area contributed by atoms with Gasteiger partial charge in [-0.3, -0.25) is 4.79 Å². The second kappa shape index (κ2) is 11.8. The number of hydrogen-bond donors (Lipinski definition) is 1. The number of fused-ring (bicyclic) bond motifs is 3. The Kier molecular flexibility index (Phi) is 8.57. The Bertz CT molecular complexity index is 1050. The van der Waals surface area contributed by atoms with Gasteiger partial charge >= 0.3 is 0 Å². The lowest BCUT2D eigenvalue weighted by Crippen LogP contribution is -2.39. The molecule has 2 aromatic rings. The van der Waals surface area contributed by atoms with Crippen molar-refractivity contribution in [1.29, 1.82) is 0 Å². The molecule has 0 unspecified atom stereocenters. The summed E-state index contributed by atoms with van der Waals surface area (Å²) in [7, 11) is 4.79. The largest absolute Gasteiger partial charge is 0.459 e. The van der Waals surface area contributed by atoms with Crippen molar-refractivity contribution in [3.8, 4) is 11.1 Å². The van der Waals surface area contributed by atoms with Crippen LogP contribution in [0, 0.1) is 0 Å². The topological polar surface area (TPSA) is 77.5 Å². The number of methoxy groups -OCH3 is 2. The van der Waals surface area contributed by atoms with Crippen LogP contribution in [-0.4, -0.2) is 69.5 Å². The van der Waals surface area contributed by atoms with Crippen LogP contribution < -0.4 is 0 Å². The van der Waals surface area contributed by atoms with Crippen molar-refractivity contribution in [2.45, 2.75) is 44.2 Å². The van der Waals surface area contributed by atoms with E-state index in [-0.39, 0.29) is 30.7 Å². The summed E-state index contributed by atoms with van der Waals surface area (Å²) in [5, 5.41) is 9.08. The standard InChI is InChI=1S/C28H35NO6/c1-29(18-27(32-2)33-3)28(31)25-16-20(17-26(35-25)34-14-7-6-13-30)22-11-8-12-23-21-10-5-4-9-19(21)15-24(22)23/h4-5,8-12,16,20,26-27,30H,6-7,13-15,17-18H2,1-3H3/t20-,26+/m1/s1. The molecule has 188 valence electrons. The van der Waals surface area contributed by atoms with Crippen LogP contribution in [0.15, 0.2) is 54.3 Å². The molecule has 35 heavy (non-hydrogen) atoms. The van der Waals surface area contributed by atoms with E-state index in [0.29, 0.717) is 19.4 Å². The average Bonchev–Trinajstić information content (AvgIpc) is 3.28. The Balaban J connectivity index is 1.61. The first kappa shape index (κ1) is 25.4. The molecule has 0 spiro atoms. The molecule has 0 fully saturated rings. The van der Waals surface area contributed by atoms with Gasteiger partial charge in [-0.2, -0.15) is 0 Å². The Labute approximate surface area is 207 Å². The monoisotopic (exact) mass is 481 g/mol. The van der Waals surface area contributed by atoms with E-state index >= 15 is 0 Å². The molecular weight excluding hydrogens is 446 g/mol. The SMILES string of the molecule is COC(CN(C)C(=O)C1=C[C@@H](c2cccc3c2Cc2ccccc2-3)C[C@@H](OCCCCO)O1)OC. The molecule has 0 radical (unpaired) electrons. The highest BCUT2D eigenvalue weighted by Crippen LogP contribution is 2.43. The maximum atomic E-state index is 13.3. The Morgan fingerprint density at radius 3 is 2.66 bits per heavy atom. The van der Waals surface area contributed by atoms with E-state index in [1.54, 1.807) is 26.2 Å². The van der Waals surface area contributed by atoms with Crippen molar-refractivity contribution in [2.24, 2.45) is 0 Å². The van der Waals surface area contributed by atoms with Gasteiger partial charge in [0.1, 0.15) is 0 Å². The number of carbonyl (C=O) groups excluding carboxylic acids is 1. The second-order valence-corrected chi connectivity index (χ2v) is 9.02. The first-order valence-corrected chi connectivity index (χ1v) is 12.2. The number of carbonyl (C=O) groups is 1. The number of amides is 1. The van der Waals surface area contributed by atoms with E-state index in [2.05, 4.69) is 42.5 Å². The lowest BCUT2D eigenvalue weighted by atomic mass is 9.87. The summed E-state index contributed by atoms with van der Waals surface area (Å²) < 4.78 is 22.6. The van der Waals surface area contributed by atoms with Crippen molar-refractivity contribution in [2.75, 3.05) is 41.0 Å². The number of aliphatic hydroxyl groups excluding tert-OH is 1. The molecule has 1 N–H and O–H groups in total. The summed E-state index contributed by atoms with van der Waals surface area (Å²) in [5.74, 6) is 0.00690. The maximum absolute atomic E-state index is 13.3. The Morgan fingerprint density at radius 2 is 1.89 bits per heavy atom. The number of rotatable bonds is 11. The number of benzene rings is 2. The zero-order valence-electron chi connectivity index (χ0n) is 20.7. The molecule has 0 saturated heterocycles. The third-order valence-corrected chi connectivity index (χ3v) is 6.71. The number of likely N-dealkylation sites (N-methyl/N-ethyl adjacent to an activating group) is 1. The predicted octanol–water partition coefficient (Wildman–Crippen LogP) is 3.84. The smallest absolute Gasteiger partial charge is 0.288 e. The van der Waals surface area contributed by atoms with Gasteiger partial charge in [0.25, 0.3) is 5.91 Å². The molecule has 2 atom stereocenters. The van der Waals surface area contributed by atoms with E-state index < -0.39 is 12.6 Å². The van der Waals surface area contributed by atoms with Gasteiger partial charge in [-0.1, -0.05) is 42.5 Å². The molecule has 1 heterocycles. The van der Waals surface area contributed by atoms with Crippen LogP contribution in [0.1, 0.15) is 41.9 Å². The van der Waals surface area contributed by atoms with Gasteiger partial charge in [-0.25, -0.2) is 0 Å². The Hall–Kier alpha value is -2.71. The number of hydrogen-bond acceptors (Lipinski definition) is 6. The zero-order chi connectivity index (χ0) is 24.8. The summed E-state index contributed by atoms with van der Waals surface area (Å²) in [6.45, 7) is 0.862. The molecule has 4 rings (SSSR count). The summed E-state index contributed by atoms with van der Waals surface area (Å²) in [6, 6.07) is 14.9. The number of allylic oxidation sites excluding steroid dienone is 1. The van der Waals surface area contributed by atoms with Crippen molar-refractivity contribution >= 4 is 5.91 Å². The van der Waals surface area contributed by atoms with Gasteiger partial charge in [0.2, 0.25) is 6.29 Å². The number of nitrogens with zero attached hydrogens (tertiary/aromatic N) is 1. The molecular formula is C28H35NO6. The van der Waals surface area contributed by atoms with E-state index in [4.69, 9.17) is 24.1 Å². The molecule has 2 aliphatic rings. The van der Waals surface area contributed by atoms with Crippen LogP contribution in [0.5, 0.6) is 0 Å². The third-order valence-electron chi connectivity index (χ3n) is 6.71. The van der Waals surface area contributed by atoms with Gasteiger partial charge in [-0.15, -0.1) is 0 Å². The van der Waals surface area contributed by atoms with Gasteiger partial charge in [-0.05, 0) is 53.2 Å². The first-order valence-electron chi connectivity index (χ1n) is 12.2. The number of ether oxygens (including phenoxy) is 4. The quantitative estimate of drug-likeness (QED) is 0.331. The van der Waals surface area contributed by atoms with Crippen molar-refractivity contribution < 1.29 is 28.8 Å². The fraction of sp³-hybridized carbons (Fsp3) is 0.464. The van der Waals surface area contributed by atoms with Crippen LogP contribution in [0.2, 0.25) is 0 Å². The minimum absolute atomic E-state index is 0.0242. The van der Waals surface area contributed by atoms with E-state index in [0.717, 1.165) is 12.8 Å². The fourth-order valence-corrected chi connectivity index (χ4v) is 4.83. The van der Waals surface area contributed by atoms with Gasteiger partial charge in [0, 0.05) is 40.2 Å². The zero-order valence-corrected chi connectivity index (χ0v) is 20.7. The fourth-order valence-electron chi connectivity index (χ4n) is 4.83. The lowest BCUT2D eigenvalue weighted by Gasteiger charge is -2.32. The molecule has 2 aromatic carbocycles. The maximum Gasteiger partial charge on any atom is 0.288 e. The molecule has 7 heteroatoms. The van der Waals surface area contributed by atoms with E-state index in [9.17, 15) is 4.79 Å². The summed E-state index contributed by atoms with van der Waals surface area (Å²) >= 11 is 0. The van der Waals surface area contributed by atoms with Crippen molar-refractivity contribution in [1.82, 2.24) is 4.90 Å². The lowest BCUT2D eigenvalue weighted by molar-refractivity contribution is -0.158. The third kappa shape index (κ3) is 5.76. The van der Waals surface area contributed by atoms with Crippen LogP contribution in [0.3, 0.4) is 0 Å². The molecule has 0 aromatic heterocycles. The van der Waals surface area contributed by atoms with Crippen LogP contribution in [-0.2, 0) is 30.2 Å². The van der Waals surface area contributed by atoms with E-state index in [1.165, 1.54) is 27.8 Å². The summed E-state index contributed by atoms with van der Waals surface area (Å²) in [4.78, 5) is 14.9. The van der Waals surface area contributed by atoms with E-state index in [1.807, 2.05) is 6.08 Å². The highest BCUT2D eigenvalue weighted by molar-refractivity contribution is 5.91. The normalized spacial score (nSPS) is 18.6. The number of aliphatic hydroxyl groups is 1. The first-order chi connectivity index (χ1) is 17.0. The van der Waals surface area contributed by atoms with Crippen LogP contribution in [0.25, 0.3) is 11.1 Å². The Morgan fingerprint density at radius 1 is 1.11 bits per heavy atom. The van der Waals surface area contributed by atoms with Crippen molar-refractivity contribution in [3.63, 3.8) is 0 Å². The predicted molar refractivity (Wildman–Crippen MR) is 133 cm³/mol. The molecule has 7 nitrogen and oxygen atoms in total. The highest BCUT2D eigenvalue weighted by Gasteiger charge is 2.33. The van der Waals surface area contributed by atoms with Crippen LogP contribution >= 0.6 is 0 Å². The summed E-state index contributed by atoms with van der Waals surface area (Å²) in [5.41, 5.74) is 6.36. The molecule has 0 bridgehead atoms.